The summed E-state index contributed by atoms with van der Waals surface area (Å²) in [5.74, 6) is 0.426. The van der Waals surface area contributed by atoms with E-state index in [0.717, 1.165) is 22.8 Å². The fraction of sp³-hybridized carbons (Fsp3) is 0.308. The first kappa shape index (κ1) is 11.2. The van der Waals surface area contributed by atoms with Gasteiger partial charge in [-0.25, -0.2) is 0 Å². The second-order valence-electron chi connectivity index (χ2n) is 4.14. The smallest absolute Gasteiger partial charge is 0.227 e. The topological polar surface area (TPSA) is 20.3 Å². The van der Waals surface area contributed by atoms with Crippen LogP contribution in [0, 0.1) is 12.8 Å². The summed E-state index contributed by atoms with van der Waals surface area (Å²) in [7, 11) is 0. The quantitative estimate of drug-likeness (QED) is 0.721. The molecule has 1 unspecified atom stereocenters. The predicted octanol–water partition coefficient (Wildman–Crippen LogP) is 3.19. The molecule has 1 fully saturated rings. The Bertz CT molecular complexity index is 442. The minimum atomic E-state index is 0.159. The molecule has 1 aliphatic rings. The van der Waals surface area contributed by atoms with Gasteiger partial charge in [0.1, 0.15) is 0 Å². The van der Waals surface area contributed by atoms with Crippen LogP contribution in [0.4, 0.5) is 5.69 Å². The summed E-state index contributed by atoms with van der Waals surface area (Å²) < 4.78 is 0. The van der Waals surface area contributed by atoms with E-state index in [-0.39, 0.29) is 11.8 Å². The van der Waals surface area contributed by atoms with Crippen LogP contribution in [0.5, 0.6) is 0 Å². The first-order valence-electron chi connectivity index (χ1n) is 5.31. The van der Waals surface area contributed by atoms with Crippen molar-refractivity contribution >= 4 is 23.2 Å². The molecule has 0 bridgehead atoms. The number of benzene rings is 1. The molecule has 84 valence electrons. The van der Waals surface area contributed by atoms with E-state index in [9.17, 15) is 4.79 Å². The van der Waals surface area contributed by atoms with Crippen molar-refractivity contribution in [3.05, 3.63) is 41.4 Å². The highest BCUT2D eigenvalue weighted by molar-refractivity contribution is 6.31. The van der Waals surface area contributed by atoms with Gasteiger partial charge in [-0.05, 0) is 30.7 Å². The summed E-state index contributed by atoms with van der Waals surface area (Å²) in [6.07, 6.45) is 2.41. The first-order chi connectivity index (χ1) is 7.61. The van der Waals surface area contributed by atoms with Gasteiger partial charge in [0.2, 0.25) is 5.91 Å². The number of rotatable bonds is 2. The van der Waals surface area contributed by atoms with Crippen molar-refractivity contribution in [2.45, 2.75) is 13.3 Å². The third kappa shape index (κ3) is 1.98. The van der Waals surface area contributed by atoms with Gasteiger partial charge in [-0.1, -0.05) is 17.7 Å². The molecule has 2 rings (SSSR count). The minimum absolute atomic E-state index is 0.159. The van der Waals surface area contributed by atoms with Gasteiger partial charge in [-0.3, -0.25) is 4.79 Å². The number of anilines is 1. The molecule has 1 atom stereocenters. The van der Waals surface area contributed by atoms with Crippen molar-refractivity contribution in [3.8, 4) is 0 Å². The monoisotopic (exact) mass is 235 g/mol. The zero-order valence-electron chi connectivity index (χ0n) is 9.24. The van der Waals surface area contributed by atoms with Crippen LogP contribution in [-0.4, -0.2) is 12.5 Å². The lowest BCUT2D eigenvalue weighted by Gasteiger charge is -2.17. The van der Waals surface area contributed by atoms with E-state index >= 15 is 0 Å². The van der Waals surface area contributed by atoms with Crippen LogP contribution >= 0.6 is 11.6 Å². The van der Waals surface area contributed by atoms with Crippen molar-refractivity contribution in [1.82, 2.24) is 0 Å². The maximum atomic E-state index is 11.8. The van der Waals surface area contributed by atoms with E-state index in [1.54, 1.807) is 4.90 Å². The van der Waals surface area contributed by atoms with Crippen LogP contribution in [-0.2, 0) is 4.79 Å². The third-order valence-corrected chi connectivity index (χ3v) is 3.37. The third-order valence-electron chi connectivity index (χ3n) is 2.94. The Balaban J connectivity index is 2.27. The van der Waals surface area contributed by atoms with Gasteiger partial charge in [-0.15, -0.1) is 6.58 Å². The second kappa shape index (κ2) is 4.30. The lowest BCUT2D eigenvalue weighted by Crippen LogP contribution is -2.24. The molecule has 0 N–H and O–H groups in total. The van der Waals surface area contributed by atoms with Gasteiger partial charge >= 0.3 is 0 Å². The van der Waals surface area contributed by atoms with Crippen LogP contribution < -0.4 is 4.90 Å². The molecule has 0 saturated carbocycles. The van der Waals surface area contributed by atoms with Gasteiger partial charge in [0, 0.05) is 29.6 Å². The summed E-state index contributed by atoms with van der Waals surface area (Å²) >= 11 is 5.96. The molecule has 16 heavy (non-hydrogen) atoms. The number of amides is 1. The molecule has 1 saturated heterocycles. The van der Waals surface area contributed by atoms with Crippen LogP contribution in [0.2, 0.25) is 5.02 Å². The Morgan fingerprint density at radius 2 is 2.31 bits per heavy atom. The molecule has 1 heterocycles. The van der Waals surface area contributed by atoms with Crippen molar-refractivity contribution in [1.29, 1.82) is 0 Å². The van der Waals surface area contributed by atoms with E-state index in [1.165, 1.54) is 0 Å². The summed E-state index contributed by atoms with van der Waals surface area (Å²) in [6.45, 7) is 6.40. The maximum absolute atomic E-state index is 11.8. The van der Waals surface area contributed by atoms with Crippen LogP contribution in [0.15, 0.2) is 30.9 Å². The van der Waals surface area contributed by atoms with Crippen LogP contribution in [0.3, 0.4) is 0 Å². The normalized spacial score (nSPS) is 20.2. The number of nitrogens with zero attached hydrogens (tertiary/aromatic N) is 1. The summed E-state index contributed by atoms with van der Waals surface area (Å²) in [5.41, 5.74) is 1.92. The molecule has 0 aliphatic carbocycles. The van der Waals surface area contributed by atoms with Gasteiger partial charge in [0.25, 0.3) is 0 Å². The Labute approximate surface area is 101 Å². The van der Waals surface area contributed by atoms with Crippen molar-refractivity contribution in [2.75, 3.05) is 11.4 Å². The average Bonchev–Trinajstić information content (AvgIpc) is 2.64. The van der Waals surface area contributed by atoms with E-state index in [0.29, 0.717) is 6.42 Å². The fourth-order valence-corrected chi connectivity index (χ4v) is 2.06. The van der Waals surface area contributed by atoms with Gasteiger partial charge in [0.05, 0.1) is 0 Å². The molecule has 0 aromatic heterocycles. The Morgan fingerprint density at radius 1 is 1.56 bits per heavy atom. The molecule has 0 radical (unpaired) electrons. The highest BCUT2D eigenvalue weighted by Gasteiger charge is 2.28. The lowest BCUT2D eigenvalue weighted by molar-refractivity contribution is -0.117. The van der Waals surface area contributed by atoms with Crippen LogP contribution in [0.1, 0.15) is 12.0 Å². The van der Waals surface area contributed by atoms with E-state index in [2.05, 4.69) is 6.58 Å². The summed E-state index contributed by atoms with van der Waals surface area (Å²) in [5, 5.41) is 0.732. The highest BCUT2D eigenvalue weighted by Crippen LogP contribution is 2.28. The largest absolute Gasteiger partial charge is 0.312 e. The van der Waals surface area contributed by atoms with Crippen molar-refractivity contribution in [3.63, 3.8) is 0 Å². The number of carbonyl (C=O) groups is 1. The fourth-order valence-electron chi connectivity index (χ4n) is 1.94. The zero-order valence-corrected chi connectivity index (χ0v) is 10.00. The molecular formula is C13H14ClNO. The van der Waals surface area contributed by atoms with E-state index < -0.39 is 0 Å². The summed E-state index contributed by atoms with van der Waals surface area (Å²) in [6, 6.07) is 5.67. The van der Waals surface area contributed by atoms with E-state index in [4.69, 9.17) is 11.6 Å². The molecular weight excluding hydrogens is 222 g/mol. The minimum Gasteiger partial charge on any atom is -0.312 e. The lowest BCUT2D eigenvalue weighted by atomic mass is 10.1. The predicted molar refractivity (Wildman–Crippen MR) is 66.8 cm³/mol. The molecule has 1 aliphatic heterocycles. The number of halogens is 1. The number of hydrogen-bond acceptors (Lipinski definition) is 1. The van der Waals surface area contributed by atoms with Crippen molar-refractivity contribution < 1.29 is 4.79 Å². The molecule has 2 nitrogen and oxygen atoms in total. The second-order valence-corrected chi connectivity index (χ2v) is 4.54. The maximum Gasteiger partial charge on any atom is 0.227 e. The van der Waals surface area contributed by atoms with Crippen LogP contribution in [0.25, 0.3) is 0 Å². The zero-order chi connectivity index (χ0) is 11.7. The van der Waals surface area contributed by atoms with Gasteiger partial charge in [0.15, 0.2) is 0 Å². The van der Waals surface area contributed by atoms with Gasteiger partial charge < -0.3 is 4.90 Å². The SMILES string of the molecule is C=CC1CC(=O)N(c2ccc(Cl)c(C)c2)C1. The number of hydrogen-bond donors (Lipinski definition) is 0. The summed E-state index contributed by atoms with van der Waals surface area (Å²) in [4.78, 5) is 13.6. The molecule has 1 amide bonds. The average molecular weight is 236 g/mol. The number of aryl methyl sites for hydroxylation is 1. The molecule has 1 aromatic carbocycles. The van der Waals surface area contributed by atoms with Crippen molar-refractivity contribution in [2.24, 2.45) is 5.92 Å². The Kier molecular flexibility index (Phi) is 3.01. The molecule has 3 heteroatoms. The molecule has 1 aromatic rings. The van der Waals surface area contributed by atoms with E-state index in [1.807, 2.05) is 31.2 Å². The Morgan fingerprint density at radius 3 is 2.88 bits per heavy atom. The highest BCUT2D eigenvalue weighted by atomic mass is 35.5. The molecule has 0 spiro atoms. The number of carbonyl (C=O) groups excluding carboxylic acids is 1. The standard InChI is InChI=1S/C13H14ClNO/c1-3-10-7-13(16)15(8-10)11-4-5-12(14)9(2)6-11/h3-6,10H,1,7-8H2,2H3. The first-order valence-corrected chi connectivity index (χ1v) is 5.68. The Hall–Kier alpha value is -1.28. The van der Waals surface area contributed by atoms with Gasteiger partial charge in [-0.2, -0.15) is 0 Å².